The van der Waals surface area contributed by atoms with Crippen molar-refractivity contribution in [3.05, 3.63) is 53.6 Å². The molecule has 0 aliphatic heterocycles. The maximum atomic E-state index is 13.3. The van der Waals surface area contributed by atoms with E-state index in [9.17, 15) is 9.18 Å². The largest absolute Gasteiger partial charge is 0.384 e. The maximum absolute atomic E-state index is 13.3. The Hall–Kier alpha value is -2.78. The first-order chi connectivity index (χ1) is 9.70. The van der Waals surface area contributed by atoms with Crippen molar-refractivity contribution in [3.63, 3.8) is 0 Å². The highest BCUT2D eigenvalue weighted by molar-refractivity contribution is 6.05. The second kappa shape index (κ2) is 6.41. The quantitative estimate of drug-likeness (QED) is 0.805. The Bertz CT molecular complexity index is 678. The number of aromatic nitrogens is 2. The number of benzene rings is 1. The summed E-state index contributed by atoms with van der Waals surface area (Å²) in [6, 6.07) is 5.24. The summed E-state index contributed by atoms with van der Waals surface area (Å²) in [6.45, 7) is -0.347. The molecule has 0 bridgehead atoms. The fourth-order valence-corrected chi connectivity index (χ4v) is 1.48. The van der Waals surface area contributed by atoms with E-state index in [2.05, 4.69) is 27.1 Å². The number of halogens is 1. The monoisotopic (exact) mass is 271 g/mol. The van der Waals surface area contributed by atoms with Crippen molar-refractivity contribution in [1.82, 2.24) is 9.97 Å². The van der Waals surface area contributed by atoms with Gasteiger partial charge in [-0.3, -0.25) is 10.1 Å². The molecule has 0 fully saturated rings. The molecular formula is C14H10FN3O2. The van der Waals surface area contributed by atoms with Crippen LogP contribution in [-0.4, -0.2) is 27.6 Å². The molecular weight excluding hydrogens is 261 g/mol. The van der Waals surface area contributed by atoms with Crippen molar-refractivity contribution in [2.24, 2.45) is 0 Å². The molecule has 20 heavy (non-hydrogen) atoms. The Labute approximate surface area is 114 Å². The number of carbonyl (C=O) groups is 1. The summed E-state index contributed by atoms with van der Waals surface area (Å²) in [6.07, 6.45) is 2.95. The molecule has 0 saturated carbocycles. The first-order valence-corrected chi connectivity index (χ1v) is 5.68. The Morgan fingerprint density at radius 2 is 2.10 bits per heavy atom. The number of carbonyl (C=O) groups excluding carboxylic acids is 1. The second-order valence-electron chi connectivity index (χ2n) is 3.68. The van der Waals surface area contributed by atoms with E-state index in [1.54, 1.807) is 6.07 Å². The van der Waals surface area contributed by atoms with Gasteiger partial charge in [0.2, 0.25) is 5.95 Å². The molecule has 1 heterocycles. The first kappa shape index (κ1) is 13.6. The average Bonchev–Trinajstić information content (AvgIpc) is 2.47. The van der Waals surface area contributed by atoms with E-state index in [-0.39, 0.29) is 18.1 Å². The molecule has 0 radical (unpaired) electrons. The zero-order valence-corrected chi connectivity index (χ0v) is 10.3. The van der Waals surface area contributed by atoms with Crippen LogP contribution in [0.3, 0.4) is 0 Å². The molecule has 2 rings (SSSR count). The Morgan fingerprint density at radius 1 is 1.35 bits per heavy atom. The van der Waals surface area contributed by atoms with Crippen molar-refractivity contribution < 1.29 is 14.3 Å². The molecule has 0 unspecified atom stereocenters. The van der Waals surface area contributed by atoms with Gasteiger partial charge in [0.15, 0.2) is 0 Å². The topological polar surface area (TPSA) is 75.1 Å². The number of aliphatic hydroxyl groups excluding tert-OH is 1. The molecule has 1 aromatic carbocycles. The molecule has 2 N–H and O–H groups in total. The minimum Gasteiger partial charge on any atom is -0.384 e. The minimum atomic E-state index is -0.571. The minimum absolute atomic E-state index is 0.0541. The summed E-state index contributed by atoms with van der Waals surface area (Å²) in [7, 11) is 0. The molecule has 0 aliphatic rings. The van der Waals surface area contributed by atoms with Crippen LogP contribution in [0.25, 0.3) is 0 Å². The highest BCUT2D eigenvalue weighted by atomic mass is 19.1. The molecule has 100 valence electrons. The third kappa shape index (κ3) is 3.37. The predicted molar refractivity (Wildman–Crippen MR) is 70.3 cm³/mol. The van der Waals surface area contributed by atoms with Gasteiger partial charge in [-0.05, 0) is 24.3 Å². The highest BCUT2D eigenvalue weighted by Gasteiger charge is 2.12. The van der Waals surface area contributed by atoms with E-state index in [1.165, 1.54) is 24.5 Å². The van der Waals surface area contributed by atoms with Crippen molar-refractivity contribution >= 4 is 11.9 Å². The standard InChI is InChI=1S/C14H10FN3O2/c15-11-5-4-10(3-1-8-19)12(9-11)13(20)18-14-16-6-2-7-17-14/h2,4-7,9,19H,8H2,(H,16,17,18,20). The van der Waals surface area contributed by atoms with E-state index in [4.69, 9.17) is 5.11 Å². The van der Waals surface area contributed by atoms with Crippen molar-refractivity contribution in [1.29, 1.82) is 0 Å². The molecule has 5 nitrogen and oxygen atoms in total. The Morgan fingerprint density at radius 3 is 2.80 bits per heavy atom. The van der Waals surface area contributed by atoms with E-state index in [0.29, 0.717) is 5.56 Å². The summed E-state index contributed by atoms with van der Waals surface area (Å²) < 4.78 is 13.3. The lowest BCUT2D eigenvalue weighted by atomic mass is 10.1. The third-order valence-corrected chi connectivity index (χ3v) is 2.32. The Balaban J connectivity index is 2.31. The van der Waals surface area contributed by atoms with E-state index >= 15 is 0 Å². The fraction of sp³-hybridized carbons (Fsp3) is 0.0714. The zero-order chi connectivity index (χ0) is 14.4. The number of nitrogens with one attached hydrogen (secondary N) is 1. The van der Waals surface area contributed by atoms with Crippen LogP contribution in [-0.2, 0) is 0 Å². The Kier molecular flexibility index (Phi) is 4.37. The van der Waals surface area contributed by atoms with Gasteiger partial charge in [0.05, 0.1) is 5.56 Å². The van der Waals surface area contributed by atoms with Gasteiger partial charge in [0.25, 0.3) is 5.91 Å². The number of anilines is 1. The van der Waals surface area contributed by atoms with Crippen molar-refractivity contribution in [2.75, 3.05) is 11.9 Å². The summed E-state index contributed by atoms with van der Waals surface area (Å²) in [5, 5.41) is 11.1. The van der Waals surface area contributed by atoms with Gasteiger partial charge in [0.1, 0.15) is 12.4 Å². The van der Waals surface area contributed by atoms with E-state index in [1.807, 2.05) is 0 Å². The molecule has 0 atom stereocenters. The SMILES string of the molecule is O=C(Nc1ncccn1)c1cc(F)ccc1C#CCO. The molecule has 0 spiro atoms. The van der Waals surface area contributed by atoms with Crippen LogP contribution < -0.4 is 5.32 Å². The molecule has 0 aliphatic carbocycles. The van der Waals surface area contributed by atoms with Crippen LogP contribution in [0.15, 0.2) is 36.7 Å². The predicted octanol–water partition coefficient (Wildman–Crippen LogP) is 1.21. The number of nitrogens with zero attached hydrogens (tertiary/aromatic N) is 2. The lowest BCUT2D eigenvalue weighted by Crippen LogP contribution is -2.15. The van der Waals surface area contributed by atoms with Crippen molar-refractivity contribution in [2.45, 2.75) is 0 Å². The fourth-order valence-electron chi connectivity index (χ4n) is 1.48. The van der Waals surface area contributed by atoms with Gasteiger partial charge in [-0.1, -0.05) is 11.8 Å². The van der Waals surface area contributed by atoms with Crippen LogP contribution in [0.4, 0.5) is 10.3 Å². The lowest BCUT2D eigenvalue weighted by Gasteiger charge is -2.05. The highest BCUT2D eigenvalue weighted by Crippen LogP contribution is 2.12. The van der Waals surface area contributed by atoms with Gasteiger partial charge < -0.3 is 5.11 Å². The molecule has 0 saturated heterocycles. The third-order valence-electron chi connectivity index (χ3n) is 2.32. The smallest absolute Gasteiger partial charge is 0.259 e. The number of hydrogen-bond acceptors (Lipinski definition) is 4. The maximum Gasteiger partial charge on any atom is 0.259 e. The van der Waals surface area contributed by atoms with Gasteiger partial charge in [0, 0.05) is 18.0 Å². The van der Waals surface area contributed by atoms with Gasteiger partial charge in [-0.25, -0.2) is 14.4 Å². The number of hydrogen-bond donors (Lipinski definition) is 2. The van der Waals surface area contributed by atoms with Crippen LogP contribution in [0.2, 0.25) is 0 Å². The summed E-state index contributed by atoms with van der Waals surface area (Å²) in [4.78, 5) is 19.8. The molecule has 2 aromatic rings. The summed E-state index contributed by atoms with van der Waals surface area (Å²) in [5.74, 6) is 3.99. The van der Waals surface area contributed by atoms with E-state index < -0.39 is 11.7 Å². The van der Waals surface area contributed by atoms with Crippen LogP contribution in [0.5, 0.6) is 0 Å². The van der Waals surface area contributed by atoms with Gasteiger partial charge in [-0.15, -0.1) is 0 Å². The van der Waals surface area contributed by atoms with Gasteiger partial charge in [-0.2, -0.15) is 0 Å². The summed E-state index contributed by atoms with van der Waals surface area (Å²) in [5.41, 5.74) is 0.368. The van der Waals surface area contributed by atoms with E-state index in [0.717, 1.165) is 6.07 Å². The first-order valence-electron chi connectivity index (χ1n) is 5.68. The van der Waals surface area contributed by atoms with Crippen LogP contribution in [0, 0.1) is 17.7 Å². The average molecular weight is 271 g/mol. The summed E-state index contributed by atoms with van der Waals surface area (Å²) >= 11 is 0. The van der Waals surface area contributed by atoms with Crippen LogP contribution >= 0.6 is 0 Å². The van der Waals surface area contributed by atoms with Crippen molar-refractivity contribution in [3.8, 4) is 11.8 Å². The van der Waals surface area contributed by atoms with Crippen LogP contribution in [0.1, 0.15) is 15.9 Å². The lowest BCUT2D eigenvalue weighted by molar-refractivity contribution is 0.102. The number of amides is 1. The number of rotatable bonds is 2. The normalized spacial score (nSPS) is 9.50. The zero-order valence-electron chi connectivity index (χ0n) is 10.3. The molecule has 1 aromatic heterocycles. The molecule has 1 amide bonds. The molecule has 6 heteroatoms. The second-order valence-corrected chi connectivity index (χ2v) is 3.68. The van der Waals surface area contributed by atoms with Gasteiger partial charge >= 0.3 is 0 Å². The number of aliphatic hydroxyl groups is 1.